The molecule has 0 saturated heterocycles. The number of rotatable bonds is 12. The Bertz CT molecular complexity index is 1100. The van der Waals surface area contributed by atoms with Gasteiger partial charge in [0.2, 0.25) is 0 Å². The smallest absolute Gasteiger partial charge is 0.273 e. The van der Waals surface area contributed by atoms with Crippen LogP contribution in [0.15, 0.2) is 10.5 Å². The van der Waals surface area contributed by atoms with Gasteiger partial charge in [0.15, 0.2) is 22.5 Å². The van der Waals surface area contributed by atoms with Crippen molar-refractivity contribution in [2.75, 3.05) is 51.3 Å². The van der Waals surface area contributed by atoms with Gasteiger partial charge in [-0.1, -0.05) is 39.3 Å². The molecule has 1 amide bonds. The standard InChI is InChI=1S/C25H39BrClN7O3/c1-7-10-34(12-9-31-24(36)18-22(28)33-23(29)21(27)32-18)11-8-30-14(2)15-13-16(25(3,4)5)20(37-6)17(26)19(15)35/h13-14,30,35H,7-12H2,1-6H3,(H,31,36)(H4,28,29,33). The monoisotopic (exact) mass is 599 g/mol. The normalized spacial score (nSPS) is 12.6. The number of nitrogens with one attached hydrogen (secondary N) is 2. The highest BCUT2D eigenvalue weighted by Gasteiger charge is 2.26. The summed E-state index contributed by atoms with van der Waals surface area (Å²) < 4.78 is 6.13. The quantitative estimate of drug-likeness (QED) is 0.244. The van der Waals surface area contributed by atoms with Crippen molar-refractivity contribution >= 4 is 45.1 Å². The van der Waals surface area contributed by atoms with Crippen LogP contribution in [0.5, 0.6) is 11.5 Å². The van der Waals surface area contributed by atoms with Crippen molar-refractivity contribution in [3.05, 3.63) is 32.5 Å². The van der Waals surface area contributed by atoms with E-state index in [9.17, 15) is 9.90 Å². The van der Waals surface area contributed by atoms with Crippen molar-refractivity contribution in [3.63, 3.8) is 0 Å². The summed E-state index contributed by atoms with van der Waals surface area (Å²) in [6, 6.07) is 1.91. The highest BCUT2D eigenvalue weighted by atomic mass is 79.9. The van der Waals surface area contributed by atoms with E-state index in [4.69, 9.17) is 27.8 Å². The fourth-order valence-electron chi connectivity index (χ4n) is 3.95. The van der Waals surface area contributed by atoms with Crippen molar-refractivity contribution in [2.24, 2.45) is 0 Å². The summed E-state index contributed by atoms with van der Waals surface area (Å²) in [6.45, 7) is 13.8. The van der Waals surface area contributed by atoms with Crippen LogP contribution in [0.3, 0.4) is 0 Å². The Morgan fingerprint density at radius 1 is 1.22 bits per heavy atom. The van der Waals surface area contributed by atoms with Crippen molar-refractivity contribution < 1.29 is 14.6 Å². The number of methoxy groups -OCH3 is 1. The summed E-state index contributed by atoms with van der Waals surface area (Å²) in [5.74, 6) is 0.280. The molecule has 2 rings (SSSR count). The van der Waals surface area contributed by atoms with Gasteiger partial charge in [0.05, 0.1) is 7.11 Å². The minimum Gasteiger partial charge on any atom is -0.506 e. The van der Waals surface area contributed by atoms with E-state index in [1.54, 1.807) is 7.11 Å². The number of nitrogens with two attached hydrogens (primary N) is 2. The second kappa shape index (κ2) is 13.5. The largest absolute Gasteiger partial charge is 0.506 e. The number of ether oxygens (including phenoxy) is 1. The van der Waals surface area contributed by atoms with Crippen LogP contribution < -0.4 is 26.8 Å². The van der Waals surface area contributed by atoms with Crippen LogP contribution in [-0.4, -0.2) is 65.7 Å². The highest BCUT2D eigenvalue weighted by molar-refractivity contribution is 9.10. The average molecular weight is 601 g/mol. The molecule has 0 bridgehead atoms. The van der Waals surface area contributed by atoms with E-state index in [0.29, 0.717) is 29.9 Å². The van der Waals surface area contributed by atoms with Crippen molar-refractivity contribution in [1.82, 2.24) is 25.5 Å². The lowest BCUT2D eigenvalue weighted by Crippen LogP contribution is -2.39. The molecule has 0 radical (unpaired) electrons. The number of hydrogen-bond donors (Lipinski definition) is 5. The summed E-state index contributed by atoms with van der Waals surface area (Å²) in [7, 11) is 1.61. The molecule has 10 nitrogen and oxygen atoms in total. The molecule has 0 spiro atoms. The van der Waals surface area contributed by atoms with Crippen LogP contribution in [0.25, 0.3) is 0 Å². The molecule has 0 saturated carbocycles. The third kappa shape index (κ3) is 8.07. The molecule has 1 unspecified atom stereocenters. The van der Waals surface area contributed by atoms with Gasteiger partial charge in [-0.2, -0.15) is 0 Å². The number of phenols is 1. The number of halogens is 2. The van der Waals surface area contributed by atoms with Crippen LogP contribution in [0.2, 0.25) is 5.15 Å². The molecule has 1 aromatic heterocycles. The van der Waals surface area contributed by atoms with Gasteiger partial charge in [0.1, 0.15) is 16.0 Å². The van der Waals surface area contributed by atoms with Gasteiger partial charge in [0, 0.05) is 43.3 Å². The van der Waals surface area contributed by atoms with Crippen LogP contribution in [0, 0.1) is 0 Å². The summed E-state index contributed by atoms with van der Waals surface area (Å²) in [4.78, 5) is 22.5. The molecule has 7 N–H and O–H groups in total. The number of aromatic hydroxyl groups is 1. The number of carbonyl (C=O) groups excluding carboxylic acids is 1. The maximum absolute atomic E-state index is 12.5. The average Bonchev–Trinajstić information content (AvgIpc) is 2.81. The predicted octanol–water partition coefficient (Wildman–Crippen LogP) is 3.86. The van der Waals surface area contributed by atoms with E-state index < -0.39 is 5.91 Å². The van der Waals surface area contributed by atoms with Crippen LogP contribution in [-0.2, 0) is 5.41 Å². The molecule has 2 aromatic rings. The molecule has 12 heteroatoms. The van der Waals surface area contributed by atoms with E-state index in [0.717, 1.165) is 30.6 Å². The number of carbonyl (C=O) groups is 1. The Labute approximate surface area is 232 Å². The molecule has 1 heterocycles. The lowest BCUT2D eigenvalue weighted by molar-refractivity contribution is 0.0944. The minimum absolute atomic E-state index is 0.0171. The zero-order valence-electron chi connectivity index (χ0n) is 22.4. The first-order valence-electron chi connectivity index (χ1n) is 12.2. The van der Waals surface area contributed by atoms with E-state index >= 15 is 0 Å². The topological polar surface area (TPSA) is 152 Å². The Morgan fingerprint density at radius 3 is 2.46 bits per heavy atom. The zero-order chi connectivity index (χ0) is 27.9. The number of benzene rings is 1. The van der Waals surface area contributed by atoms with Gasteiger partial charge in [-0.15, -0.1) is 0 Å². The Balaban J connectivity index is 1.98. The van der Waals surface area contributed by atoms with Gasteiger partial charge < -0.3 is 36.8 Å². The molecule has 1 atom stereocenters. The molecule has 1 aromatic carbocycles. The van der Waals surface area contributed by atoms with Crippen LogP contribution in [0.4, 0.5) is 11.6 Å². The number of aromatic nitrogens is 2. The first-order valence-corrected chi connectivity index (χ1v) is 13.4. The Morgan fingerprint density at radius 2 is 1.86 bits per heavy atom. The maximum Gasteiger partial charge on any atom is 0.273 e. The predicted molar refractivity (Wildman–Crippen MR) is 152 cm³/mol. The third-order valence-electron chi connectivity index (χ3n) is 5.96. The molecule has 206 valence electrons. The number of amides is 1. The second-order valence-corrected chi connectivity index (χ2v) is 11.0. The number of nitrogens with zero attached hydrogens (tertiary/aromatic N) is 3. The van der Waals surface area contributed by atoms with Crippen molar-refractivity contribution in [3.8, 4) is 11.5 Å². The van der Waals surface area contributed by atoms with Gasteiger partial charge in [-0.05, 0) is 47.3 Å². The molecule has 0 aliphatic carbocycles. The van der Waals surface area contributed by atoms with Gasteiger partial charge in [-0.25, -0.2) is 9.97 Å². The molecule has 0 fully saturated rings. The van der Waals surface area contributed by atoms with Crippen LogP contribution in [0.1, 0.15) is 68.7 Å². The zero-order valence-corrected chi connectivity index (χ0v) is 24.8. The van der Waals surface area contributed by atoms with Gasteiger partial charge in [0.25, 0.3) is 5.91 Å². The summed E-state index contributed by atoms with van der Waals surface area (Å²) in [5.41, 5.74) is 12.9. The fraction of sp³-hybridized carbons (Fsp3) is 0.560. The second-order valence-electron chi connectivity index (χ2n) is 9.87. The van der Waals surface area contributed by atoms with Crippen LogP contribution >= 0.6 is 27.5 Å². The summed E-state index contributed by atoms with van der Waals surface area (Å²) in [6.07, 6.45) is 0.969. The Kier molecular flexibility index (Phi) is 11.2. The first kappa shape index (κ1) is 30.9. The molecular weight excluding hydrogens is 562 g/mol. The summed E-state index contributed by atoms with van der Waals surface area (Å²) in [5, 5.41) is 17.1. The molecule has 0 aliphatic heterocycles. The first-order chi connectivity index (χ1) is 17.3. The number of hydrogen-bond acceptors (Lipinski definition) is 9. The SMILES string of the molecule is CCCN(CCNC(=O)c1nc(Cl)c(N)nc1N)CCNC(C)c1cc(C(C)(C)C)c(OC)c(Br)c1O. The number of phenolic OH excluding ortho intramolecular Hbond substituents is 1. The number of anilines is 2. The molecule has 0 aliphatic rings. The summed E-state index contributed by atoms with van der Waals surface area (Å²) >= 11 is 9.38. The minimum atomic E-state index is -0.453. The third-order valence-corrected chi connectivity index (χ3v) is 6.97. The Hall–Kier alpha value is -2.34. The van der Waals surface area contributed by atoms with Gasteiger partial charge >= 0.3 is 0 Å². The van der Waals surface area contributed by atoms with Gasteiger partial charge in [-0.3, -0.25) is 4.79 Å². The fourth-order valence-corrected chi connectivity index (χ4v) is 4.68. The van der Waals surface area contributed by atoms with Crippen molar-refractivity contribution in [1.29, 1.82) is 0 Å². The number of nitrogen functional groups attached to an aromatic ring is 2. The maximum atomic E-state index is 12.5. The lowest BCUT2D eigenvalue weighted by Gasteiger charge is -2.27. The molecule has 37 heavy (non-hydrogen) atoms. The van der Waals surface area contributed by atoms with E-state index in [2.05, 4.69) is 69.1 Å². The lowest BCUT2D eigenvalue weighted by atomic mass is 9.84. The van der Waals surface area contributed by atoms with E-state index in [1.807, 2.05) is 13.0 Å². The molecular formula is C25H39BrClN7O3. The highest BCUT2D eigenvalue weighted by Crippen LogP contribution is 2.45. The van der Waals surface area contributed by atoms with E-state index in [-0.39, 0.29) is 39.7 Å². The van der Waals surface area contributed by atoms with Crippen molar-refractivity contribution in [2.45, 2.75) is 52.5 Å². The van der Waals surface area contributed by atoms with E-state index in [1.165, 1.54) is 0 Å².